The number of aryl methyl sites for hydroxylation is 2. The second-order valence-corrected chi connectivity index (χ2v) is 4.01. The average molecular weight is 209 g/mol. The van der Waals surface area contributed by atoms with Gasteiger partial charge in [0.15, 0.2) is 0 Å². The Kier molecular flexibility index (Phi) is 2.35. The van der Waals surface area contributed by atoms with E-state index in [1.807, 2.05) is 26.2 Å². The zero-order valence-corrected chi connectivity index (χ0v) is 8.82. The quantitative estimate of drug-likeness (QED) is 0.810. The Bertz CT molecular complexity index is 435. The molecular weight excluding hydrogens is 198 g/mol. The predicted octanol–water partition coefficient (Wildman–Crippen LogP) is 1.27. The highest BCUT2D eigenvalue weighted by molar-refractivity contribution is 7.05. The molecule has 0 amide bonds. The minimum atomic E-state index is -0.666. The zero-order valence-electron chi connectivity index (χ0n) is 8.01. The van der Waals surface area contributed by atoms with Crippen molar-refractivity contribution in [1.82, 2.24) is 13.9 Å². The van der Waals surface area contributed by atoms with Crippen LogP contribution >= 0.6 is 11.5 Å². The molecule has 0 radical (unpaired) electrons. The van der Waals surface area contributed by atoms with E-state index in [9.17, 15) is 5.11 Å². The number of nitrogens with zero attached hydrogens (tertiary/aromatic N) is 3. The third kappa shape index (κ3) is 1.56. The van der Waals surface area contributed by atoms with Gasteiger partial charge in [0.2, 0.25) is 0 Å². The van der Waals surface area contributed by atoms with Crippen LogP contribution in [0.1, 0.15) is 22.5 Å². The molecule has 74 valence electrons. The van der Waals surface area contributed by atoms with E-state index in [-0.39, 0.29) is 0 Å². The molecule has 14 heavy (non-hydrogen) atoms. The van der Waals surface area contributed by atoms with Crippen molar-refractivity contribution in [3.05, 3.63) is 34.9 Å². The number of aliphatic hydroxyl groups is 1. The van der Waals surface area contributed by atoms with Crippen LogP contribution in [0, 0.1) is 6.92 Å². The number of hydrogen-bond donors (Lipinski definition) is 1. The summed E-state index contributed by atoms with van der Waals surface area (Å²) in [6, 6.07) is 1.88. The standard InChI is InChI=1S/C9H11N3OS/c1-6-5-7(14-11-6)8(13)9-10-3-4-12(9)2/h3-5,8,13H,1-2H3. The Morgan fingerprint density at radius 3 is 2.86 bits per heavy atom. The zero-order chi connectivity index (χ0) is 10.1. The first-order valence-corrected chi connectivity index (χ1v) is 5.04. The summed E-state index contributed by atoms with van der Waals surface area (Å²) in [6.45, 7) is 1.91. The predicted molar refractivity (Wildman–Crippen MR) is 54.1 cm³/mol. The number of hydrogen-bond acceptors (Lipinski definition) is 4. The Hall–Kier alpha value is -1.20. The monoisotopic (exact) mass is 209 g/mol. The molecule has 2 heterocycles. The lowest BCUT2D eigenvalue weighted by Gasteiger charge is -2.06. The fourth-order valence-corrected chi connectivity index (χ4v) is 2.01. The van der Waals surface area contributed by atoms with E-state index < -0.39 is 6.10 Å². The van der Waals surface area contributed by atoms with Crippen molar-refractivity contribution in [1.29, 1.82) is 0 Å². The molecule has 0 bridgehead atoms. The molecule has 2 aromatic rings. The van der Waals surface area contributed by atoms with Crippen molar-refractivity contribution >= 4 is 11.5 Å². The first-order chi connectivity index (χ1) is 6.68. The smallest absolute Gasteiger partial charge is 0.147 e. The average Bonchev–Trinajstić information content (AvgIpc) is 2.73. The van der Waals surface area contributed by atoms with Crippen LogP contribution in [0.15, 0.2) is 18.5 Å². The largest absolute Gasteiger partial charge is 0.379 e. The van der Waals surface area contributed by atoms with Crippen LogP contribution in [0.4, 0.5) is 0 Å². The van der Waals surface area contributed by atoms with Crippen molar-refractivity contribution in [2.45, 2.75) is 13.0 Å². The van der Waals surface area contributed by atoms with Gasteiger partial charge in [-0.1, -0.05) is 0 Å². The van der Waals surface area contributed by atoms with Crippen molar-refractivity contribution in [3.8, 4) is 0 Å². The highest BCUT2D eigenvalue weighted by Gasteiger charge is 2.16. The summed E-state index contributed by atoms with van der Waals surface area (Å²) in [5.41, 5.74) is 0.929. The molecule has 0 fully saturated rings. The van der Waals surface area contributed by atoms with Crippen molar-refractivity contribution in [2.75, 3.05) is 0 Å². The van der Waals surface area contributed by atoms with Gasteiger partial charge in [-0.15, -0.1) is 0 Å². The second-order valence-electron chi connectivity index (χ2n) is 3.17. The Labute approximate surface area is 86.0 Å². The second kappa shape index (κ2) is 3.51. The minimum absolute atomic E-state index is 0.647. The minimum Gasteiger partial charge on any atom is -0.379 e. The van der Waals surface area contributed by atoms with E-state index in [0.717, 1.165) is 10.6 Å². The summed E-state index contributed by atoms with van der Waals surface area (Å²) < 4.78 is 5.93. The van der Waals surface area contributed by atoms with Crippen LogP contribution in [0.5, 0.6) is 0 Å². The maximum atomic E-state index is 9.96. The molecule has 0 aliphatic rings. The SMILES string of the molecule is Cc1cc(C(O)c2nccn2C)sn1. The molecule has 1 N–H and O–H groups in total. The van der Waals surface area contributed by atoms with E-state index in [0.29, 0.717) is 5.82 Å². The van der Waals surface area contributed by atoms with E-state index >= 15 is 0 Å². The van der Waals surface area contributed by atoms with Crippen LogP contribution < -0.4 is 0 Å². The number of rotatable bonds is 2. The van der Waals surface area contributed by atoms with Gasteiger partial charge in [-0.2, -0.15) is 4.37 Å². The molecule has 5 heteroatoms. The highest BCUT2D eigenvalue weighted by atomic mass is 32.1. The van der Waals surface area contributed by atoms with Crippen LogP contribution in [0.2, 0.25) is 0 Å². The van der Waals surface area contributed by atoms with Crippen molar-refractivity contribution in [3.63, 3.8) is 0 Å². The van der Waals surface area contributed by atoms with E-state index in [1.165, 1.54) is 11.5 Å². The summed E-state index contributed by atoms with van der Waals surface area (Å²) in [4.78, 5) is 4.92. The van der Waals surface area contributed by atoms with Gasteiger partial charge in [0.1, 0.15) is 11.9 Å². The molecule has 0 saturated heterocycles. The lowest BCUT2D eigenvalue weighted by atomic mass is 10.2. The molecule has 2 aromatic heterocycles. The third-order valence-electron chi connectivity index (χ3n) is 2.02. The maximum Gasteiger partial charge on any atom is 0.147 e. The van der Waals surface area contributed by atoms with Crippen molar-refractivity contribution in [2.24, 2.45) is 7.05 Å². The number of aliphatic hydroxyl groups excluding tert-OH is 1. The van der Waals surface area contributed by atoms with Gasteiger partial charge in [-0.25, -0.2) is 4.98 Å². The topological polar surface area (TPSA) is 50.9 Å². The summed E-state index contributed by atoms with van der Waals surface area (Å²) in [7, 11) is 1.86. The van der Waals surface area contributed by atoms with Gasteiger partial charge in [0, 0.05) is 19.4 Å². The molecule has 0 saturated carbocycles. The van der Waals surface area contributed by atoms with Gasteiger partial charge in [-0.05, 0) is 24.5 Å². The van der Waals surface area contributed by atoms with Gasteiger partial charge in [-0.3, -0.25) is 0 Å². The van der Waals surface area contributed by atoms with Gasteiger partial charge in [0.25, 0.3) is 0 Å². The Morgan fingerprint density at radius 2 is 2.36 bits per heavy atom. The first-order valence-electron chi connectivity index (χ1n) is 4.27. The summed E-state index contributed by atoms with van der Waals surface area (Å²) in [5, 5.41) is 9.96. The molecule has 2 rings (SSSR count). The molecule has 0 aliphatic carbocycles. The lowest BCUT2D eigenvalue weighted by Crippen LogP contribution is -2.05. The number of imidazole rings is 1. The van der Waals surface area contributed by atoms with Gasteiger partial charge in [0.05, 0.1) is 10.6 Å². The Balaban J connectivity index is 2.33. The molecule has 0 spiro atoms. The maximum absolute atomic E-state index is 9.96. The fourth-order valence-electron chi connectivity index (χ4n) is 1.28. The van der Waals surface area contributed by atoms with Crippen LogP contribution in [0.25, 0.3) is 0 Å². The van der Waals surface area contributed by atoms with Gasteiger partial charge < -0.3 is 9.67 Å². The van der Waals surface area contributed by atoms with Crippen LogP contribution in [-0.4, -0.2) is 19.0 Å². The van der Waals surface area contributed by atoms with E-state index in [2.05, 4.69) is 9.36 Å². The molecule has 1 unspecified atom stereocenters. The fraction of sp³-hybridized carbons (Fsp3) is 0.333. The third-order valence-corrected chi connectivity index (χ3v) is 2.95. The molecule has 4 nitrogen and oxygen atoms in total. The molecule has 1 atom stereocenters. The molecule has 0 aliphatic heterocycles. The van der Waals surface area contributed by atoms with Gasteiger partial charge >= 0.3 is 0 Å². The van der Waals surface area contributed by atoms with Crippen LogP contribution in [-0.2, 0) is 7.05 Å². The van der Waals surface area contributed by atoms with Crippen LogP contribution in [0.3, 0.4) is 0 Å². The Morgan fingerprint density at radius 1 is 1.57 bits per heavy atom. The summed E-state index contributed by atoms with van der Waals surface area (Å²) in [5.74, 6) is 0.647. The van der Waals surface area contributed by atoms with Crippen molar-refractivity contribution < 1.29 is 5.11 Å². The summed E-state index contributed by atoms with van der Waals surface area (Å²) in [6.07, 6.45) is 2.82. The highest BCUT2D eigenvalue weighted by Crippen LogP contribution is 2.23. The molecular formula is C9H11N3OS. The van der Waals surface area contributed by atoms with E-state index in [1.54, 1.807) is 10.8 Å². The number of aromatic nitrogens is 3. The summed E-state index contributed by atoms with van der Waals surface area (Å²) >= 11 is 1.31. The molecule has 0 aromatic carbocycles. The normalized spacial score (nSPS) is 13.1. The van der Waals surface area contributed by atoms with E-state index in [4.69, 9.17) is 0 Å². The first kappa shape index (κ1) is 9.36. The lowest BCUT2D eigenvalue weighted by molar-refractivity contribution is 0.210.